The van der Waals surface area contributed by atoms with Crippen LogP contribution in [0.5, 0.6) is 0 Å². The molecule has 0 saturated heterocycles. The van der Waals surface area contributed by atoms with E-state index >= 15 is 0 Å². The highest BCUT2D eigenvalue weighted by Gasteiger charge is 2.10. The van der Waals surface area contributed by atoms with Crippen LogP contribution in [0.4, 0.5) is 0 Å². The molecule has 0 saturated carbocycles. The normalized spacial score (nSPS) is 11.1. The maximum Gasteiger partial charge on any atom is 0.149 e. The quantitative estimate of drug-likeness (QED) is 0.742. The molecule has 0 unspecified atom stereocenters. The van der Waals surface area contributed by atoms with E-state index in [9.17, 15) is 0 Å². The summed E-state index contributed by atoms with van der Waals surface area (Å²) in [6.07, 6.45) is 2.78. The van der Waals surface area contributed by atoms with E-state index in [4.69, 9.17) is 5.73 Å². The lowest BCUT2D eigenvalue weighted by molar-refractivity contribution is 0.913. The Kier molecular flexibility index (Phi) is 2.62. The van der Waals surface area contributed by atoms with Gasteiger partial charge in [-0.3, -0.25) is 0 Å². The number of hydrogen-bond donors (Lipinski definition) is 2. The fourth-order valence-corrected chi connectivity index (χ4v) is 2.72. The van der Waals surface area contributed by atoms with Crippen LogP contribution in [0, 0.1) is 0 Å². The van der Waals surface area contributed by atoms with Gasteiger partial charge in [0.2, 0.25) is 0 Å². The van der Waals surface area contributed by atoms with Crippen LogP contribution in [0.3, 0.4) is 0 Å². The monoisotopic (exact) mass is 244 g/mol. The molecule has 5 heteroatoms. The molecule has 17 heavy (non-hydrogen) atoms. The maximum atomic E-state index is 5.51. The van der Waals surface area contributed by atoms with Gasteiger partial charge >= 0.3 is 0 Å². The minimum Gasteiger partial charge on any atom is -0.360 e. The van der Waals surface area contributed by atoms with Crippen LogP contribution in [0.15, 0.2) is 30.5 Å². The molecule has 86 valence electrons. The average molecular weight is 244 g/mol. The van der Waals surface area contributed by atoms with E-state index in [1.54, 1.807) is 11.3 Å². The number of hydrogen-bond acceptors (Lipinski definition) is 4. The molecule has 0 atom stereocenters. The van der Waals surface area contributed by atoms with Gasteiger partial charge in [0.05, 0.1) is 0 Å². The van der Waals surface area contributed by atoms with Gasteiger partial charge in [0, 0.05) is 29.1 Å². The van der Waals surface area contributed by atoms with Crippen LogP contribution in [0.1, 0.15) is 5.01 Å². The zero-order chi connectivity index (χ0) is 11.7. The summed E-state index contributed by atoms with van der Waals surface area (Å²) >= 11 is 1.61. The Morgan fingerprint density at radius 1 is 1.24 bits per heavy atom. The minimum absolute atomic E-state index is 0.614. The van der Waals surface area contributed by atoms with Crippen molar-refractivity contribution >= 4 is 22.2 Å². The van der Waals surface area contributed by atoms with Crippen molar-refractivity contribution in [2.75, 3.05) is 6.54 Å². The van der Waals surface area contributed by atoms with Gasteiger partial charge in [0.25, 0.3) is 0 Å². The number of para-hydroxylation sites is 1. The lowest BCUT2D eigenvalue weighted by Gasteiger charge is -1.91. The lowest BCUT2D eigenvalue weighted by Crippen LogP contribution is -2.01. The van der Waals surface area contributed by atoms with Gasteiger partial charge in [0.15, 0.2) is 0 Å². The van der Waals surface area contributed by atoms with E-state index in [1.807, 2.05) is 18.3 Å². The molecule has 0 radical (unpaired) electrons. The molecule has 1 aromatic carbocycles. The number of fused-ring (bicyclic) bond motifs is 1. The number of H-pyrrole nitrogens is 1. The van der Waals surface area contributed by atoms with Crippen molar-refractivity contribution in [3.05, 3.63) is 35.5 Å². The lowest BCUT2D eigenvalue weighted by atomic mass is 10.2. The van der Waals surface area contributed by atoms with Gasteiger partial charge in [0.1, 0.15) is 10.0 Å². The average Bonchev–Trinajstić information content (AvgIpc) is 2.95. The van der Waals surface area contributed by atoms with Crippen molar-refractivity contribution in [3.63, 3.8) is 0 Å². The fourth-order valence-electron chi connectivity index (χ4n) is 1.84. The first-order valence-electron chi connectivity index (χ1n) is 5.47. The Balaban J connectivity index is 2.07. The van der Waals surface area contributed by atoms with Crippen LogP contribution >= 0.6 is 11.3 Å². The number of nitrogens with one attached hydrogen (secondary N) is 1. The zero-order valence-electron chi connectivity index (χ0n) is 9.18. The summed E-state index contributed by atoms with van der Waals surface area (Å²) in [5.74, 6) is 0. The van der Waals surface area contributed by atoms with Crippen LogP contribution < -0.4 is 5.73 Å². The summed E-state index contributed by atoms with van der Waals surface area (Å²) in [5, 5.41) is 11.5. The van der Waals surface area contributed by atoms with Crippen LogP contribution in [0.2, 0.25) is 0 Å². The number of nitrogens with zero attached hydrogens (tertiary/aromatic N) is 2. The van der Waals surface area contributed by atoms with Crippen molar-refractivity contribution in [1.29, 1.82) is 0 Å². The van der Waals surface area contributed by atoms with Crippen molar-refractivity contribution in [2.45, 2.75) is 6.42 Å². The number of benzene rings is 1. The minimum atomic E-state index is 0.614. The van der Waals surface area contributed by atoms with Gasteiger partial charge in [-0.2, -0.15) is 0 Å². The first-order chi connectivity index (χ1) is 8.38. The first-order valence-corrected chi connectivity index (χ1v) is 6.29. The maximum absolute atomic E-state index is 5.51. The van der Waals surface area contributed by atoms with Crippen molar-refractivity contribution in [2.24, 2.45) is 5.73 Å². The topological polar surface area (TPSA) is 67.6 Å². The molecule has 0 aliphatic carbocycles. The summed E-state index contributed by atoms with van der Waals surface area (Å²) < 4.78 is 0. The molecular weight excluding hydrogens is 232 g/mol. The molecule has 0 amide bonds. The zero-order valence-corrected chi connectivity index (χ0v) is 10.00. The van der Waals surface area contributed by atoms with Crippen LogP contribution in [-0.2, 0) is 6.42 Å². The number of aromatic amines is 1. The third kappa shape index (κ3) is 1.83. The second-order valence-electron chi connectivity index (χ2n) is 3.79. The molecule has 0 fully saturated rings. The second-order valence-corrected chi connectivity index (χ2v) is 4.85. The van der Waals surface area contributed by atoms with Crippen LogP contribution in [-0.4, -0.2) is 21.7 Å². The molecule has 0 spiro atoms. The van der Waals surface area contributed by atoms with Crippen molar-refractivity contribution in [1.82, 2.24) is 15.2 Å². The van der Waals surface area contributed by atoms with E-state index in [0.29, 0.717) is 6.54 Å². The van der Waals surface area contributed by atoms with E-state index in [1.165, 1.54) is 5.39 Å². The Morgan fingerprint density at radius 3 is 3.00 bits per heavy atom. The van der Waals surface area contributed by atoms with Gasteiger partial charge in [-0.05, 0) is 12.6 Å². The highest BCUT2D eigenvalue weighted by Crippen LogP contribution is 2.30. The van der Waals surface area contributed by atoms with Gasteiger partial charge in [-0.1, -0.05) is 29.5 Å². The summed E-state index contributed by atoms with van der Waals surface area (Å²) in [5.41, 5.74) is 7.75. The van der Waals surface area contributed by atoms with Gasteiger partial charge in [-0.15, -0.1) is 10.2 Å². The predicted molar refractivity (Wildman–Crippen MR) is 70.0 cm³/mol. The molecule has 0 aliphatic heterocycles. The van der Waals surface area contributed by atoms with Crippen molar-refractivity contribution in [3.8, 4) is 10.6 Å². The van der Waals surface area contributed by atoms with Gasteiger partial charge in [-0.25, -0.2) is 0 Å². The van der Waals surface area contributed by atoms with Gasteiger partial charge < -0.3 is 10.7 Å². The summed E-state index contributed by atoms with van der Waals surface area (Å²) in [7, 11) is 0. The van der Waals surface area contributed by atoms with E-state index < -0.39 is 0 Å². The highest BCUT2D eigenvalue weighted by atomic mass is 32.1. The number of nitrogens with two attached hydrogens (primary N) is 1. The third-order valence-corrected chi connectivity index (χ3v) is 3.66. The first kappa shape index (κ1) is 10.4. The fraction of sp³-hybridized carbons (Fsp3) is 0.167. The second kappa shape index (κ2) is 4.27. The van der Waals surface area contributed by atoms with E-state index in [2.05, 4.69) is 27.3 Å². The van der Waals surface area contributed by atoms with E-state index in [0.717, 1.165) is 27.5 Å². The Bertz CT molecular complexity index is 641. The SMILES string of the molecule is NCCc1nnc(-c2c[nH]c3ccccc23)s1. The Morgan fingerprint density at radius 2 is 2.12 bits per heavy atom. The molecule has 2 aromatic heterocycles. The molecular formula is C12H12N4S. The molecule has 3 N–H and O–H groups in total. The molecule has 4 nitrogen and oxygen atoms in total. The highest BCUT2D eigenvalue weighted by molar-refractivity contribution is 7.14. The summed E-state index contributed by atoms with van der Waals surface area (Å²) in [6, 6.07) is 8.19. The van der Waals surface area contributed by atoms with Crippen molar-refractivity contribution < 1.29 is 0 Å². The van der Waals surface area contributed by atoms with E-state index in [-0.39, 0.29) is 0 Å². The number of aromatic nitrogens is 3. The molecule has 3 aromatic rings. The largest absolute Gasteiger partial charge is 0.360 e. The van der Waals surface area contributed by atoms with Crippen LogP contribution in [0.25, 0.3) is 21.5 Å². The molecule has 2 heterocycles. The summed E-state index contributed by atoms with van der Waals surface area (Å²) in [6.45, 7) is 0.614. The number of rotatable bonds is 3. The molecule has 3 rings (SSSR count). The summed E-state index contributed by atoms with van der Waals surface area (Å²) in [4.78, 5) is 3.24. The standard InChI is InChI=1S/C12H12N4S/c13-6-5-11-15-16-12(17-11)9-7-14-10-4-2-1-3-8(9)10/h1-4,7,14H,5-6,13H2. The smallest absolute Gasteiger partial charge is 0.149 e. The third-order valence-electron chi connectivity index (χ3n) is 2.64. The molecule has 0 bridgehead atoms. The Hall–Kier alpha value is -1.72. The Labute approximate surface area is 102 Å². The molecule has 0 aliphatic rings. The predicted octanol–water partition coefficient (Wildman–Crippen LogP) is 2.19.